The molecule has 0 unspecified atom stereocenters. The van der Waals surface area contributed by atoms with Crippen molar-refractivity contribution in [2.45, 2.75) is 51.7 Å². The summed E-state index contributed by atoms with van der Waals surface area (Å²) in [6.45, 7) is 6.03. The van der Waals surface area contributed by atoms with Gasteiger partial charge in [0.05, 0.1) is 11.5 Å². The minimum Gasteiger partial charge on any atom is -0.461 e. The van der Waals surface area contributed by atoms with Crippen molar-refractivity contribution >= 4 is 5.97 Å². The summed E-state index contributed by atoms with van der Waals surface area (Å²) in [4.78, 5) is 11.8. The Kier molecular flexibility index (Phi) is 2.60. The quantitative estimate of drug-likeness (QED) is 0.530. The molecule has 2 aliphatic carbocycles. The largest absolute Gasteiger partial charge is 0.461 e. The summed E-state index contributed by atoms with van der Waals surface area (Å²) in [5.41, 5.74) is 0.661. The zero-order chi connectivity index (χ0) is 13.1. The minimum absolute atomic E-state index is 0.00905. The number of esters is 1. The van der Waals surface area contributed by atoms with Crippen molar-refractivity contribution in [2.24, 2.45) is 23.7 Å². The Labute approximate surface area is 108 Å². The second-order valence-electron chi connectivity index (χ2n) is 6.57. The summed E-state index contributed by atoms with van der Waals surface area (Å²) in [5, 5.41) is 10.7. The summed E-state index contributed by atoms with van der Waals surface area (Å²) >= 11 is 0. The third-order valence-electron chi connectivity index (χ3n) is 5.48. The van der Waals surface area contributed by atoms with Crippen molar-refractivity contribution in [2.75, 3.05) is 0 Å². The van der Waals surface area contributed by atoms with Gasteiger partial charge >= 0.3 is 5.97 Å². The summed E-state index contributed by atoms with van der Waals surface area (Å²) in [6.07, 6.45) is 4.79. The molecular weight excluding hydrogens is 228 g/mol. The minimum atomic E-state index is -0.630. The average molecular weight is 250 g/mol. The Morgan fingerprint density at radius 3 is 2.94 bits per heavy atom. The molecule has 1 saturated heterocycles. The van der Waals surface area contributed by atoms with Crippen molar-refractivity contribution in [1.29, 1.82) is 0 Å². The molecule has 1 heterocycles. The fourth-order valence-electron chi connectivity index (χ4n) is 4.23. The highest BCUT2D eigenvalue weighted by atomic mass is 16.6. The van der Waals surface area contributed by atoms with Crippen LogP contribution in [0, 0.1) is 23.7 Å². The van der Waals surface area contributed by atoms with Gasteiger partial charge in [0.1, 0.15) is 6.10 Å². The van der Waals surface area contributed by atoms with Gasteiger partial charge in [-0.2, -0.15) is 0 Å². The van der Waals surface area contributed by atoms with Crippen molar-refractivity contribution in [3.8, 4) is 0 Å². The predicted octanol–water partition coefficient (Wildman–Crippen LogP) is 2.29. The lowest BCUT2D eigenvalue weighted by Crippen LogP contribution is -2.39. The molecule has 3 nitrogen and oxygen atoms in total. The molecular formula is C15H22O3. The monoisotopic (exact) mass is 250 g/mol. The van der Waals surface area contributed by atoms with E-state index < -0.39 is 5.60 Å². The fourth-order valence-corrected chi connectivity index (χ4v) is 4.23. The molecule has 0 spiro atoms. The van der Waals surface area contributed by atoms with Crippen LogP contribution in [0.2, 0.25) is 0 Å². The van der Waals surface area contributed by atoms with Gasteiger partial charge in [-0.3, -0.25) is 4.79 Å². The van der Waals surface area contributed by atoms with Crippen molar-refractivity contribution in [3.05, 3.63) is 11.6 Å². The highest BCUT2D eigenvalue weighted by Gasteiger charge is 2.55. The van der Waals surface area contributed by atoms with E-state index in [0.717, 1.165) is 19.3 Å². The Morgan fingerprint density at radius 1 is 1.50 bits per heavy atom. The second kappa shape index (κ2) is 3.83. The van der Waals surface area contributed by atoms with Crippen LogP contribution < -0.4 is 0 Å². The van der Waals surface area contributed by atoms with Crippen LogP contribution in [0.15, 0.2) is 11.6 Å². The number of fused-ring (bicyclic) bond motifs is 3. The molecule has 0 bridgehead atoms. The van der Waals surface area contributed by atoms with E-state index in [1.807, 2.05) is 13.8 Å². The smallest absolute Gasteiger partial charge is 0.309 e. The number of hydrogen-bond acceptors (Lipinski definition) is 3. The molecule has 3 rings (SSSR count). The van der Waals surface area contributed by atoms with Gasteiger partial charge in [-0.25, -0.2) is 0 Å². The van der Waals surface area contributed by atoms with Crippen LogP contribution in [0.3, 0.4) is 0 Å². The second-order valence-corrected chi connectivity index (χ2v) is 6.57. The number of rotatable bonds is 0. The van der Waals surface area contributed by atoms with Gasteiger partial charge in [0, 0.05) is 17.8 Å². The molecule has 6 atom stereocenters. The number of allylic oxidation sites excluding steroid dienone is 1. The summed E-state index contributed by atoms with van der Waals surface area (Å²) < 4.78 is 5.64. The van der Waals surface area contributed by atoms with Gasteiger partial charge in [0.15, 0.2) is 0 Å². The summed E-state index contributed by atoms with van der Waals surface area (Å²) in [5.74, 6) is 0.648. The Morgan fingerprint density at radius 2 is 2.22 bits per heavy atom. The number of carbonyl (C=O) groups is 1. The molecule has 1 N–H and O–H groups in total. The van der Waals surface area contributed by atoms with Gasteiger partial charge in [0.2, 0.25) is 0 Å². The SMILES string of the molecule is CC1=CC[C@H]2[C@H]1[C@H]1OC(=O)[C@@H](C)[C@@H]1CC[C@]2(C)O. The van der Waals surface area contributed by atoms with Crippen molar-refractivity contribution in [3.63, 3.8) is 0 Å². The van der Waals surface area contributed by atoms with E-state index in [-0.39, 0.29) is 35.7 Å². The van der Waals surface area contributed by atoms with E-state index in [1.165, 1.54) is 5.57 Å². The lowest BCUT2D eigenvalue weighted by molar-refractivity contribution is -0.146. The first-order chi connectivity index (χ1) is 8.42. The lowest BCUT2D eigenvalue weighted by Gasteiger charge is -2.34. The van der Waals surface area contributed by atoms with E-state index in [0.29, 0.717) is 0 Å². The number of carbonyl (C=O) groups excluding carboxylic acids is 1. The molecule has 1 saturated carbocycles. The third kappa shape index (κ3) is 1.56. The zero-order valence-electron chi connectivity index (χ0n) is 11.3. The topological polar surface area (TPSA) is 46.5 Å². The maximum absolute atomic E-state index is 11.8. The first-order valence-corrected chi connectivity index (χ1v) is 7.01. The van der Waals surface area contributed by atoms with Crippen molar-refractivity contribution < 1.29 is 14.6 Å². The predicted molar refractivity (Wildman–Crippen MR) is 67.7 cm³/mol. The molecule has 0 aromatic heterocycles. The van der Waals surface area contributed by atoms with Crippen LogP contribution in [0.25, 0.3) is 0 Å². The first-order valence-electron chi connectivity index (χ1n) is 7.01. The van der Waals surface area contributed by atoms with Crippen molar-refractivity contribution in [1.82, 2.24) is 0 Å². The first kappa shape index (κ1) is 12.2. The Hall–Kier alpha value is -0.830. The van der Waals surface area contributed by atoms with Gasteiger partial charge in [-0.05, 0) is 33.1 Å². The molecule has 100 valence electrons. The van der Waals surface area contributed by atoms with Gasteiger partial charge < -0.3 is 9.84 Å². The highest BCUT2D eigenvalue weighted by molar-refractivity contribution is 5.75. The van der Waals surface area contributed by atoms with Crippen LogP contribution in [-0.4, -0.2) is 22.8 Å². The maximum atomic E-state index is 11.8. The van der Waals surface area contributed by atoms with E-state index in [1.54, 1.807) is 0 Å². The molecule has 3 heteroatoms. The van der Waals surface area contributed by atoms with Crippen LogP contribution in [0.1, 0.15) is 40.0 Å². The van der Waals surface area contributed by atoms with Crippen LogP contribution in [0.4, 0.5) is 0 Å². The van der Waals surface area contributed by atoms with E-state index in [9.17, 15) is 9.90 Å². The van der Waals surface area contributed by atoms with E-state index in [2.05, 4.69) is 13.0 Å². The maximum Gasteiger partial charge on any atom is 0.309 e. The van der Waals surface area contributed by atoms with E-state index in [4.69, 9.17) is 4.74 Å². The zero-order valence-corrected chi connectivity index (χ0v) is 11.3. The summed E-state index contributed by atoms with van der Waals surface area (Å²) in [6, 6.07) is 0. The number of aliphatic hydroxyl groups is 1. The van der Waals surface area contributed by atoms with Crippen LogP contribution >= 0.6 is 0 Å². The molecule has 1 aliphatic heterocycles. The normalized spacial score (nSPS) is 51.2. The molecule has 3 aliphatic rings. The van der Waals surface area contributed by atoms with Crippen LogP contribution in [0.5, 0.6) is 0 Å². The van der Waals surface area contributed by atoms with Gasteiger partial charge in [-0.1, -0.05) is 18.6 Å². The standard InChI is InChI=1S/C15H22O3/c1-8-4-5-11-12(8)13-10(6-7-15(11,3)17)9(2)14(16)18-13/h4,9-13,17H,5-7H2,1-3H3/t9-,10-,11-,12-,13-,15-/m0/s1. The highest BCUT2D eigenvalue weighted by Crippen LogP contribution is 2.52. The molecule has 0 aromatic carbocycles. The van der Waals surface area contributed by atoms with Crippen LogP contribution in [-0.2, 0) is 9.53 Å². The Balaban J connectivity index is 1.99. The van der Waals surface area contributed by atoms with E-state index >= 15 is 0 Å². The molecule has 18 heavy (non-hydrogen) atoms. The molecule has 0 amide bonds. The number of hydrogen-bond donors (Lipinski definition) is 1. The summed E-state index contributed by atoms with van der Waals surface area (Å²) in [7, 11) is 0. The third-order valence-corrected chi connectivity index (χ3v) is 5.48. The average Bonchev–Trinajstić information content (AvgIpc) is 2.76. The Bertz CT molecular complexity index is 410. The van der Waals surface area contributed by atoms with Gasteiger partial charge in [0.25, 0.3) is 0 Å². The fraction of sp³-hybridized carbons (Fsp3) is 0.800. The van der Waals surface area contributed by atoms with Gasteiger partial charge in [-0.15, -0.1) is 0 Å². The molecule has 0 radical (unpaired) electrons. The molecule has 2 fully saturated rings. The lowest BCUT2D eigenvalue weighted by atomic mass is 9.76. The molecule has 0 aromatic rings. The number of ether oxygens (including phenoxy) is 1.